The van der Waals surface area contributed by atoms with E-state index in [9.17, 15) is 4.39 Å². The average Bonchev–Trinajstić information content (AvgIpc) is 2.87. The van der Waals surface area contributed by atoms with Gasteiger partial charge < -0.3 is 9.73 Å². The van der Waals surface area contributed by atoms with Crippen molar-refractivity contribution in [2.24, 2.45) is 0 Å². The lowest BCUT2D eigenvalue weighted by atomic mass is 10.1. The summed E-state index contributed by atoms with van der Waals surface area (Å²) in [6, 6.07) is 9.25. The molecule has 0 aliphatic carbocycles. The molecule has 1 atom stereocenters. The molecule has 3 rings (SSSR count). The van der Waals surface area contributed by atoms with E-state index in [0.29, 0.717) is 11.3 Å². The predicted molar refractivity (Wildman–Crippen MR) is 76.0 cm³/mol. The van der Waals surface area contributed by atoms with Crippen molar-refractivity contribution < 1.29 is 8.81 Å². The second-order valence-electron chi connectivity index (χ2n) is 4.76. The molecule has 0 saturated carbocycles. The Morgan fingerprint density at radius 3 is 2.85 bits per heavy atom. The van der Waals surface area contributed by atoms with Crippen LogP contribution in [0.5, 0.6) is 0 Å². The van der Waals surface area contributed by atoms with Gasteiger partial charge in [-0.15, -0.1) is 0 Å². The molecule has 1 aromatic carbocycles. The fourth-order valence-electron chi connectivity index (χ4n) is 2.44. The molecule has 0 spiro atoms. The second-order valence-corrected chi connectivity index (χ2v) is 4.76. The first-order chi connectivity index (χ1) is 9.70. The topological polar surface area (TPSA) is 38.1 Å². The van der Waals surface area contributed by atoms with Gasteiger partial charge in [0.05, 0.1) is 12.2 Å². The zero-order valence-electron chi connectivity index (χ0n) is 11.4. The number of rotatable bonds is 3. The molecule has 0 saturated heterocycles. The maximum Gasteiger partial charge on any atom is 0.146 e. The average molecular weight is 270 g/mol. The molecule has 1 N–H and O–H groups in total. The Balaban J connectivity index is 2.12. The van der Waals surface area contributed by atoms with Gasteiger partial charge in [-0.3, -0.25) is 4.98 Å². The van der Waals surface area contributed by atoms with E-state index in [2.05, 4.69) is 10.3 Å². The quantitative estimate of drug-likeness (QED) is 0.790. The van der Waals surface area contributed by atoms with Crippen molar-refractivity contribution in [1.29, 1.82) is 0 Å². The molecule has 2 heterocycles. The molecule has 3 aromatic rings. The van der Waals surface area contributed by atoms with Gasteiger partial charge in [0.25, 0.3) is 0 Å². The molecule has 0 aliphatic rings. The van der Waals surface area contributed by atoms with Crippen molar-refractivity contribution in [3.63, 3.8) is 0 Å². The lowest BCUT2D eigenvalue weighted by Gasteiger charge is -2.14. The summed E-state index contributed by atoms with van der Waals surface area (Å²) in [4.78, 5) is 3.78. The summed E-state index contributed by atoms with van der Waals surface area (Å²) >= 11 is 0. The van der Waals surface area contributed by atoms with E-state index in [1.165, 1.54) is 6.20 Å². The summed E-state index contributed by atoms with van der Waals surface area (Å²) in [6.07, 6.45) is 2.80. The number of nitrogens with one attached hydrogen (secondary N) is 1. The molecule has 0 amide bonds. The van der Waals surface area contributed by atoms with Crippen LogP contribution in [0.3, 0.4) is 0 Å². The molecule has 0 radical (unpaired) electrons. The van der Waals surface area contributed by atoms with Crippen LogP contribution in [0.25, 0.3) is 11.0 Å². The highest BCUT2D eigenvalue weighted by molar-refractivity contribution is 5.81. The molecule has 0 bridgehead atoms. The van der Waals surface area contributed by atoms with E-state index in [0.717, 1.165) is 16.5 Å². The largest absolute Gasteiger partial charge is 0.459 e. The number of hydrogen-bond acceptors (Lipinski definition) is 3. The van der Waals surface area contributed by atoms with Gasteiger partial charge >= 0.3 is 0 Å². The molecule has 0 fully saturated rings. The minimum Gasteiger partial charge on any atom is -0.459 e. The third-order valence-corrected chi connectivity index (χ3v) is 3.45. The molecule has 0 aliphatic heterocycles. The first-order valence-corrected chi connectivity index (χ1v) is 6.46. The van der Waals surface area contributed by atoms with E-state index < -0.39 is 0 Å². The number of fused-ring (bicyclic) bond motifs is 1. The van der Waals surface area contributed by atoms with E-state index >= 15 is 0 Å². The lowest BCUT2D eigenvalue weighted by molar-refractivity contribution is 0.474. The highest BCUT2D eigenvalue weighted by Gasteiger charge is 2.20. The van der Waals surface area contributed by atoms with E-state index in [1.54, 1.807) is 19.3 Å². The van der Waals surface area contributed by atoms with Gasteiger partial charge in [-0.2, -0.15) is 0 Å². The molecule has 2 aromatic heterocycles. The summed E-state index contributed by atoms with van der Waals surface area (Å²) in [7, 11) is 1.78. The van der Waals surface area contributed by atoms with Crippen LogP contribution in [0.15, 0.2) is 47.1 Å². The number of furan rings is 1. The Kier molecular flexibility index (Phi) is 3.24. The normalized spacial score (nSPS) is 12.8. The van der Waals surface area contributed by atoms with Gasteiger partial charge in [0.2, 0.25) is 0 Å². The maximum absolute atomic E-state index is 13.9. The van der Waals surface area contributed by atoms with Gasteiger partial charge in [-0.25, -0.2) is 4.39 Å². The van der Waals surface area contributed by atoms with Crippen LogP contribution in [0, 0.1) is 12.7 Å². The van der Waals surface area contributed by atoms with Gasteiger partial charge in [0.1, 0.15) is 17.2 Å². The van der Waals surface area contributed by atoms with Crippen molar-refractivity contribution in [3.8, 4) is 0 Å². The summed E-state index contributed by atoms with van der Waals surface area (Å²) in [5.74, 6) is 0.353. The Labute approximate surface area is 116 Å². The van der Waals surface area contributed by atoms with Crippen LogP contribution in [0.1, 0.15) is 22.9 Å². The third kappa shape index (κ3) is 2.08. The standard InChI is InChI=1S/C16H15FN2O/c1-10-4-3-5-11-8-14(20-16(10)11)15(18-2)12-6-7-19-9-13(12)17/h3-9,15,18H,1-2H3. The number of halogens is 1. The molecule has 4 heteroatoms. The third-order valence-electron chi connectivity index (χ3n) is 3.45. The van der Waals surface area contributed by atoms with Crippen molar-refractivity contribution >= 4 is 11.0 Å². The summed E-state index contributed by atoms with van der Waals surface area (Å²) in [6.45, 7) is 2.00. The van der Waals surface area contributed by atoms with Crippen LogP contribution in [-0.2, 0) is 0 Å². The van der Waals surface area contributed by atoms with Crippen molar-refractivity contribution in [2.75, 3.05) is 7.05 Å². The summed E-state index contributed by atoms with van der Waals surface area (Å²) in [5, 5.41) is 4.12. The van der Waals surface area contributed by atoms with Crippen LogP contribution in [-0.4, -0.2) is 12.0 Å². The SMILES string of the molecule is CNC(c1cc2cccc(C)c2o1)c1ccncc1F. The van der Waals surface area contributed by atoms with Crippen LogP contribution in [0.2, 0.25) is 0 Å². The highest BCUT2D eigenvalue weighted by Crippen LogP contribution is 2.30. The first-order valence-electron chi connectivity index (χ1n) is 6.46. The van der Waals surface area contributed by atoms with Crippen molar-refractivity contribution in [2.45, 2.75) is 13.0 Å². The number of aromatic nitrogens is 1. The Morgan fingerprint density at radius 2 is 2.15 bits per heavy atom. The zero-order valence-corrected chi connectivity index (χ0v) is 11.4. The van der Waals surface area contributed by atoms with Crippen molar-refractivity contribution in [1.82, 2.24) is 10.3 Å². The van der Waals surface area contributed by atoms with Gasteiger partial charge in [-0.1, -0.05) is 18.2 Å². The number of para-hydroxylation sites is 1. The first kappa shape index (κ1) is 12.8. The molecular weight excluding hydrogens is 255 g/mol. The Morgan fingerprint density at radius 1 is 1.30 bits per heavy atom. The minimum absolute atomic E-state index is 0.329. The monoisotopic (exact) mass is 270 g/mol. The number of pyridine rings is 1. The predicted octanol–water partition coefficient (Wildman–Crippen LogP) is 3.58. The van der Waals surface area contributed by atoms with E-state index in [4.69, 9.17) is 4.42 Å². The molecule has 20 heavy (non-hydrogen) atoms. The number of benzene rings is 1. The van der Waals surface area contributed by atoms with Gasteiger partial charge in [0.15, 0.2) is 0 Å². The van der Waals surface area contributed by atoms with Gasteiger partial charge in [0, 0.05) is 17.1 Å². The van der Waals surface area contributed by atoms with Crippen molar-refractivity contribution in [3.05, 3.63) is 65.4 Å². The summed E-state index contributed by atoms with van der Waals surface area (Å²) < 4.78 is 19.8. The lowest BCUT2D eigenvalue weighted by Crippen LogP contribution is -2.18. The van der Waals surface area contributed by atoms with E-state index in [-0.39, 0.29) is 11.9 Å². The van der Waals surface area contributed by atoms with Crippen LogP contribution >= 0.6 is 0 Å². The van der Waals surface area contributed by atoms with E-state index in [1.807, 2.05) is 31.2 Å². The minimum atomic E-state index is -0.343. The van der Waals surface area contributed by atoms with Crippen LogP contribution in [0.4, 0.5) is 4.39 Å². The Hall–Kier alpha value is -2.20. The Bertz CT molecular complexity index is 751. The van der Waals surface area contributed by atoms with Gasteiger partial charge in [-0.05, 0) is 31.7 Å². The second kappa shape index (κ2) is 5.06. The number of nitrogens with zero attached hydrogens (tertiary/aromatic N) is 1. The molecule has 3 nitrogen and oxygen atoms in total. The maximum atomic E-state index is 13.9. The highest BCUT2D eigenvalue weighted by atomic mass is 19.1. The molecule has 102 valence electrons. The molecular formula is C16H15FN2O. The molecule has 1 unspecified atom stereocenters. The number of hydrogen-bond donors (Lipinski definition) is 1. The number of aryl methyl sites for hydroxylation is 1. The smallest absolute Gasteiger partial charge is 0.146 e. The fraction of sp³-hybridized carbons (Fsp3) is 0.188. The fourth-order valence-corrected chi connectivity index (χ4v) is 2.44. The summed E-state index contributed by atoms with van der Waals surface area (Å²) in [5.41, 5.74) is 2.44. The zero-order chi connectivity index (χ0) is 14.1. The van der Waals surface area contributed by atoms with Crippen LogP contribution < -0.4 is 5.32 Å².